The van der Waals surface area contributed by atoms with Crippen molar-refractivity contribution in [3.63, 3.8) is 0 Å². The Morgan fingerprint density at radius 1 is 1.25 bits per heavy atom. The van der Waals surface area contributed by atoms with Crippen molar-refractivity contribution < 1.29 is 14.3 Å². The van der Waals surface area contributed by atoms with Gasteiger partial charge in [-0.05, 0) is 36.2 Å². The number of pyridine rings is 2. The fourth-order valence-corrected chi connectivity index (χ4v) is 5.14. The number of morpholine rings is 1. The minimum absolute atomic E-state index is 0.0980. The van der Waals surface area contributed by atoms with Crippen LogP contribution >= 0.6 is 11.3 Å². The molecule has 3 aromatic heterocycles. The number of ether oxygens (including phenoxy) is 1. The van der Waals surface area contributed by atoms with Crippen LogP contribution in [0.25, 0.3) is 0 Å². The molecule has 1 spiro atoms. The number of hydrogen-bond donors (Lipinski definition) is 0. The van der Waals surface area contributed by atoms with Gasteiger partial charge in [0.15, 0.2) is 5.60 Å². The van der Waals surface area contributed by atoms with Gasteiger partial charge in [0, 0.05) is 55.7 Å². The Hall–Kier alpha value is -3.17. The third kappa shape index (κ3) is 3.67. The van der Waals surface area contributed by atoms with Crippen LogP contribution in [0.5, 0.6) is 0 Å². The largest absolute Gasteiger partial charge is 0.361 e. The molecule has 0 aromatic carbocycles. The van der Waals surface area contributed by atoms with Crippen molar-refractivity contribution in [1.29, 1.82) is 0 Å². The van der Waals surface area contributed by atoms with Crippen molar-refractivity contribution in [2.45, 2.75) is 25.0 Å². The number of thiazole rings is 1. The summed E-state index contributed by atoms with van der Waals surface area (Å²) in [5.74, 6) is -0.588. The van der Waals surface area contributed by atoms with Gasteiger partial charge in [0.2, 0.25) is 0 Å². The molecule has 2 aliphatic rings. The smallest absolute Gasteiger partial charge is 0.273 e. The van der Waals surface area contributed by atoms with Crippen molar-refractivity contribution in [2.24, 2.45) is 0 Å². The van der Waals surface area contributed by atoms with Gasteiger partial charge >= 0.3 is 0 Å². The molecule has 0 N–H and O–H groups in total. The molecular formula is C23H23N5O3S. The number of aromatic nitrogens is 3. The number of likely N-dealkylation sites (tertiary alicyclic amines) is 1. The topological polar surface area (TPSA) is 88.5 Å². The van der Waals surface area contributed by atoms with Crippen molar-refractivity contribution in [3.8, 4) is 0 Å². The SMILES string of the molecule is Cc1nc(C(=O)N2C[C@@H](c3cccnc3)[C@]3(C2)OCCN(Cc2ccncc2)C3=O)cs1. The number of hydrogen-bond acceptors (Lipinski definition) is 7. The van der Waals surface area contributed by atoms with Crippen LogP contribution in [-0.2, 0) is 16.1 Å². The molecule has 2 saturated heterocycles. The molecule has 0 aliphatic carbocycles. The first-order chi connectivity index (χ1) is 15.6. The molecule has 2 aliphatic heterocycles. The van der Waals surface area contributed by atoms with Crippen LogP contribution in [0.3, 0.4) is 0 Å². The van der Waals surface area contributed by atoms with E-state index >= 15 is 0 Å². The quantitative estimate of drug-likeness (QED) is 0.607. The summed E-state index contributed by atoms with van der Waals surface area (Å²) in [5.41, 5.74) is 1.16. The Morgan fingerprint density at radius 2 is 2.09 bits per heavy atom. The van der Waals surface area contributed by atoms with Gasteiger partial charge in [0.25, 0.3) is 11.8 Å². The third-order valence-corrected chi connectivity index (χ3v) is 6.87. The number of nitrogens with zero attached hydrogens (tertiary/aromatic N) is 5. The van der Waals surface area contributed by atoms with Crippen LogP contribution in [0.15, 0.2) is 54.4 Å². The van der Waals surface area contributed by atoms with E-state index in [-0.39, 0.29) is 24.3 Å². The number of carbonyl (C=O) groups is 2. The van der Waals surface area contributed by atoms with Crippen LogP contribution in [0, 0.1) is 6.92 Å². The van der Waals surface area contributed by atoms with Crippen molar-refractivity contribution in [3.05, 3.63) is 76.3 Å². The monoisotopic (exact) mass is 449 g/mol. The van der Waals surface area contributed by atoms with Crippen LogP contribution in [0.4, 0.5) is 0 Å². The van der Waals surface area contributed by atoms with E-state index in [1.165, 1.54) is 11.3 Å². The maximum absolute atomic E-state index is 13.9. The van der Waals surface area contributed by atoms with Crippen LogP contribution in [0.2, 0.25) is 0 Å². The van der Waals surface area contributed by atoms with E-state index in [1.807, 2.05) is 36.1 Å². The lowest BCUT2D eigenvalue weighted by Crippen LogP contribution is -2.60. The predicted molar refractivity (Wildman–Crippen MR) is 118 cm³/mol. The highest BCUT2D eigenvalue weighted by Crippen LogP contribution is 2.42. The van der Waals surface area contributed by atoms with E-state index in [4.69, 9.17) is 4.74 Å². The molecule has 0 saturated carbocycles. The summed E-state index contributed by atoms with van der Waals surface area (Å²) in [6.45, 7) is 3.82. The Labute approximate surface area is 189 Å². The fourth-order valence-electron chi connectivity index (χ4n) is 4.55. The van der Waals surface area contributed by atoms with Crippen LogP contribution in [0.1, 0.15) is 32.5 Å². The van der Waals surface area contributed by atoms with E-state index in [1.54, 1.807) is 35.1 Å². The number of carbonyl (C=O) groups excluding carboxylic acids is 2. The van der Waals surface area contributed by atoms with Crippen molar-refractivity contribution in [1.82, 2.24) is 24.8 Å². The highest BCUT2D eigenvalue weighted by molar-refractivity contribution is 7.09. The first-order valence-electron chi connectivity index (χ1n) is 10.5. The summed E-state index contributed by atoms with van der Waals surface area (Å²) in [4.78, 5) is 43.2. The average Bonchev–Trinajstić information content (AvgIpc) is 3.42. The normalized spacial score (nSPS) is 23.2. The lowest BCUT2D eigenvalue weighted by Gasteiger charge is -2.42. The zero-order valence-electron chi connectivity index (χ0n) is 17.7. The molecule has 0 radical (unpaired) electrons. The lowest BCUT2D eigenvalue weighted by atomic mass is 9.83. The van der Waals surface area contributed by atoms with Gasteiger partial charge in [-0.15, -0.1) is 11.3 Å². The molecular weight excluding hydrogens is 426 g/mol. The summed E-state index contributed by atoms with van der Waals surface area (Å²) in [7, 11) is 0. The number of rotatable bonds is 4. The summed E-state index contributed by atoms with van der Waals surface area (Å²) < 4.78 is 6.25. The molecule has 2 fully saturated rings. The minimum atomic E-state index is -1.14. The molecule has 2 atom stereocenters. The zero-order chi connectivity index (χ0) is 22.1. The van der Waals surface area contributed by atoms with E-state index in [9.17, 15) is 9.59 Å². The second-order valence-corrected chi connectivity index (χ2v) is 9.16. The second kappa shape index (κ2) is 8.40. The molecule has 164 valence electrons. The Kier molecular flexibility index (Phi) is 5.44. The lowest BCUT2D eigenvalue weighted by molar-refractivity contribution is -0.172. The number of amides is 2. The predicted octanol–water partition coefficient (Wildman–Crippen LogP) is 2.28. The fraction of sp³-hybridized carbons (Fsp3) is 0.348. The van der Waals surface area contributed by atoms with Gasteiger partial charge in [0.1, 0.15) is 5.69 Å². The van der Waals surface area contributed by atoms with Crippen LogP contribution < -0.4 is 0 Å². The summed E-state index contributed by atoms with van der Waals surface area (Å²) in [6.07, 6.45) is 6.90. The van der Waals surface area contributed by atoms with Gasteiger partial charge in [-0.3, -0.25) is 19.6 Å². The first kappa shape index (κ1) is 20.7. The van der Waals surface area contributed by atoms with Gasteiger partial charge in [-0.25, -0.2) is 4.98 Å². The molecule has 5 rings (SSSR count). The molecule has 0 bridgehead atoms. The third-order valence-electron chi connectivity index (χ3n) is 6.10. The van der Waals surface area contributed by atoms with Gasteiger partial charge in [-0.1, -0.05) is 6.07 Å². The van der Waals surface area contributed by atoms with E-state index in [0.29, 0.717) is 31.9 Å². The van der Waals surface area contributed by atoms with E-state index in [2.05, 4.69) is 15.0 Å². The maximum atomic E-state index is 13.9. The standard InChI is InChI=1S/C23H23N5O3S/c1-16-26-20(14-32-16)21(29)28-13-19(18-3-2-6-25-11-18)23(15-28)22(30)27(9-10-31-23)12-17-4-7-24-8-5-17/h2-8,11,14,19H,9-10,12-13,15H2,1H3/t19-,23-/m0/s1. The van der Waals surface area contributed by atoms with Crippen molar-refractivity contribution in [2.75, 3.05) is 26.2 Å². The number of aryl methyl sites for hydroxylation is 1. The molecule has 3 aromatic rings. The first-order valence-corrected chi connectivity index (χ1v) is 11.4. The average molecular weight is 450 g/mol. The highest BCUT2D eigenvalue weighted by atomic mass is 32.1. The highest BCUT2D eigenvalue weighted by Gasteiger charge is 2.58. The van der Waals surface area contributed by atoms with Crippen molar-refractivity contribution >= 4 is 23.2 Å². The maximum Gasteiger partial charge on any atom is 0.273 e. The van der Waals surface area contributed by atoms with Gasteiger partial charge in [-0.2, -0.15) is 0 Å². The summed E-state index contributed by atoms with van der Waals surface area (Å²) in [6, 6.07) is 7.60. The summed E-state index contributed by atoms with van der Waals surface area (Å²) >= 11 is 1.44. The van der Waals surface area contributed by atoms with E-state index in [0.717, 1.165) is 16.1 Å². The van der Waals surface area contributed by atoms with Gasteiger partial charge < -0.3 is 14.5 Å². The minimum Gasteiger partial charge on any atom is -0.361 e. The Bertz CT molecular complexity index is 1120. The second-order valence-electron chi connectivity index (χ2n) is 8.10. The molecule has 32 heavy (non-hydrogen) atoms. The molecule has 2 amide bonds. The Morgan fingerprint density at radius 3 is 2.81 bits per heavy atom. The molecule has 0 unspecified atom stereocenters. The van der Waals surface area contributed by atoms with Gasteiger partial charge in [0.05, 0.1) is 18.2 Å². The molecule has 8 nitrogen and oxygen atoms in total. The van der Waals surface area contributed by atoms with Crippen LogP contribution in [-0.4, -0.2) is 68.4 Å². The summed E-state index contributed by atoms with van der Waals surface area (Å²) in [5, 5.41) is 2.60. The zero-order valence-corrected chi connectivity index (χ0v) is 18.5. The molecule has 5 heterocycles. The molecule has 9 heteroatoms. The Balaban J connectivity index is 1.48. The van der Waals surface area contributed by atoms with E-state index < -0.39 is 5.60 Å².